The van der Waals surface area contributed by atoms with E-state index in [9.17, 15) is 14.4 Å². The van der Waals surface area contributed by atoms with Gasteiger partial charge < -0.3 is 14.2 Å². The molecule has 2 amide bonds. The van der Waals surface area contributed by atoms with Crippen LogP contribution in [0.5, 0.6) is 11.5 Å². The van der Waals surface area contributed by atoms with E-state index in [1.54, 1.807) is 49.6 Å². The van der Waals surface area contributed by atoms with Gasteiger partial charge in [0.05, 0.1) is 12.4 Å². The molecule has 0 aliphatic carbocycles. The topological polar surface area (TPSA) is 90.9 Å². The third-order valence-electron chi connectivity index (χ3n) is 4.37. The van der Waals surface area contributed by atoms with Crippen molar-refractivity contribution in [3.8, 4) is 11.5 Å². The minimum atomic E-state index is -0.426. The van der Waals surface area contributed by atoms with Crippen LogP contribution < -0.4 is 14.8 Å². The van der Waals surface area contributed by atoms with Crippen molar-refractivity contribution in [2.24, 2.45) is 0 Å². The van der Waals surface area contributed by atoms with Crippen LogP contribution in [0, 0.1) is 0 Å². The molecule has 2 aromatic carbocycles. The van der Waals surface area contributed by atoms with Crippen LogP contribution in [0.1, 0.15) is 21.5 Å². The van der Waals surface area contributed by atoms with E-state index >= 15 is 0 Å². The summed E-state index contributed by atoms with van der Waals surface area (Å²) >= 11 is 0.989. The standard InChI is InChI=1S/C22H21NO6S/c1-27-13-29-18-10-6-14(11-19(18)28-2)5-9-17(24)16-7-3-15(4-8-16)12-20-21(25)23-22(26)30-20/h3-11,20H,12-13H2,1-2H3,(H,23,25,26). The van der Waals surface area contributed by atoms with Crippen molar-refractivity contribution in [2.75, 3.05) is 21.0 Å². The summed E-state index contributed by atoms with van der Waals surface area (Å²) in [4.78, 5) is 35.4. The summed E-state index contributed by atoms with van der Waals surface area (Å²) in [7, 11) is 3.08. The molecular weight excluding hydrogens is 406 g/mol. The number of thioether (sulfide) groups is 1. The number of rotatable bonds is 9. The summed E-state index contributed by atoms with van der Waals surface area (Å²) in [5.41, 5.74) is 2.20. The molecule has 156 valence electrons. The molecule has 8 heteroatoms. The van der Waals surface area contributed by atoms with Crippen molar-refractivity contribution < 1.29 is 28.6 Å². The molecule has 1 N–H and O–H groups in total. The van der Waals surface area contributed by atoms with Crippen LogP contribution in [0.15, 0.2) is 48.5 Å². The number of hydrogen-bond acceptors (Lipinski definition) is 7. The van der Waals surface area contributed by atoms with Crippen LogP contribution in [0.25, 0.3) is 6.08 Å². The first-order valence-electron chi connectivity index (χ1n) is 9.12. The number of hydrogen-bond donors (Lipinski definition) is 1. The van der Waals surface area contributed by atoms with Crippen molar-refractivity contribution >= 4 is 34.8 Å². The Morgan fingerprint density at radius 2 is 1.87 bits per heavy atom. The van der Waals surface area contributed by atoms with Gasteiger partial charge >= 0.3 is 0 Å². The van der Waals surface area contributed by atoms with E-state index in [0.29, 0.717) is 23.5 Å². The summed E-state index contributed by atoms with van der Waals surface area (Å²) in [6.45, 7) is 0.112. The first-order chi connectivity index (χ1) is 14.5. The molecule has 1 aliphatic rings. The van der Waals surface area contributed by atoms with Gasteiger partial charge in [-0.3, -0.25) is 19.7 Å². The van der Waals surface area contributed by atoms with E-state index in [1.165, 1.54) is 13.2 Å². The highest BCUT2D eigenvalue weighted by Gasteiger charge is 2.31. The first kappa shape index (κ1) is 21.6. The molecule has 1 heterocycles. The van der Waals surface area contributed by atoms with Gasteiger partial charge in [-0.2, -0.15) is 0 Å². The van der Waals surface area contributed by atoms with Crippen LogP contribution >= 0.6 is 11.8 Å². The van der Waals surface area contributed by atoms with Crippen LogP contribution in [-0.4, -0.2) is 43.2 Å². The number of methoxy groups -OCH3 is 2. The Kier molecular flexibility index (Phi) is 7.26. The van der Waals surface area contributed by atoms with Gasteiger partial charge in [-0.1, -0.05) is 48.2 Å². The predicted octanol–water partition coefficient (Wildman–Crippen LogP) is 3.47. The molecule has 1 fully saturated rings. The molecule has 1 atom stereocenters. The number of amides is 2. The van der Waals surface area contributed by atoms with Gasteiger partial charge in [0.25, 0.3) is 5.24 Å². The fourth-order valence-electron chi connectivity index (χ4n) is 2.84. The van der Waals surface area contributed by atoms with Gasteiger partial charge in [0.1, 0.15) is 0 Å². The average Bonchev–Trinajstić information content (AvgIpc) is 3.07. The Labute approximate surface area is 178 Å². The smallest absolute Gasteiger partial charge is 0.286 e. The molecule has 2 aromatic rings. The van der Waals surface area contributed by atoms with Gasteiger partial charge in [0.15, 0.2) is 24.1 Å². The summed E-state index contributed by atoms with van der Waals surface area (Å²) in [6, 6.07) is 12.3. The maximum absolute atomic E-state index is 12.5. The van der Waals surface area contributed by atoms with Crippen molar-refractivity contribution in [1.82, 2.24) is 5.32 Å². The Bertz CT molecular complexity index is 970. The fourth-order valence-corrected chi connectivity index (χ4v) is 3.70. The number of carbonyl (C=O) groups excluding carboxylic acids is 3. The Balaban J connectivity index is 1.63. The van der Waals surface area contributed by atoms with Crippen LogP contribution in [0.2, 0.25) is 0 Å². The maximum Gasteiger partial charge on any atom is 0.286 e. The zero-order valence-electron chi connectivity index (χ0n) is 16.5. The molecule has 7 nitrogen and oxygen atoms in total. The highest BCUT2D eigenvalue weighted by molar-refractivity contribution is 8.15. The fraction of sp³-hybridized carbons (Fsp3) is 0.227. The largest absolute Gasteiger partial charge is 0.493 e. The average molecular weight is 427 g/mol. The van der Waals surface area contributed by atoms with Gasteiger partial charge in [0.2, 0.25) is 5.91 Å². The molecular formula is C22H21NO6S. The lowest BCUT2D eigenvalue weighted by Crippen LogP contribution is -2.25. The van der Waals surface area contributed by atoms with Crippen molar-refractivity contribution in [2.45, 2.75) is 11.7 Å². The SMILES string of the molecule is COCOc1ccc(C=CC(=O)c2ccc(CC3SC(=O)NC3=O)cc2)cc1OC. The molecule has 1 aliphatic heterocycles. The van der Waals surface area contributed by atoms with E-state index < -0.39 is 5.25 Å². The summed E-state index contributed by atoms with van der Waals surface area (Å²) in [6.07, 6.45) is 3.62. The number of ketones is 1. The van der Waals surface area contributed by atoms with E-state index in [-0.39, 0.29) is 23.7 Å². The first-order valence-corrected chi connectivity index (χ1v) is 10.0. The highest BCUT2D eigenvalue weighted by atomic mass is 32.2. The van der Waals surface area contributed by atoms with E-state index in [1.807, 2.05) is 6.07 Å². The minimum absolute atomic E-state index is 0.112. The van der Waals surface area contributed by atoms with Gasteiger partial charge in [-0.15, -0.1) is 0 Å². The molecule has 30 heavy (non-hydrogen) atoms. The van der Waals surface area contributed by atoms with Crippen molar-refractivity contribution in [1.29, 1.82) is 0 Å². The van der Waals surface area contributed by atoms with Crippen molar-refractivity contribution in [3.63, 3.8) is 0 Å². The zero-order valence-corrected chi connectivity index (χ0v) is 17.4. The van der Waals surface area contributed by atoms with Crippen molar-refractivity contribution in [3.05, 3.63) is 65.2 Å². The summed E-state index contributed by atoms with van der Waals surface area (Å²) in [5.74, 6) is 0.665. The van der Waals surface area contributed by atoms with Crippen LogP contribution in [-0.2, 0) is 16.0 Å². The number of nitrogens with one attached hydrogen (secondary N) is 1. The zero-order chi connectivity index (χ0) is 21.5. The lowest BCUT2D eigenvalue weighted by molar-refractivity contribution is -0.118. The number of imide groups is 1. The van der Waals surface area contributed by atoms with E-state index in [2.05, 4.69) is 5.32 Å². The molecule has 0 spiro atoms. The second kappa shape index (κ2) is 10.1. The van der Waals surface area contributed by atoms with Gasteiger partial charge in [-0.25, -0.2) is 0 Å². The minimum Gasteiger partial charge on any atom is -0.493 e. The Hall–Kier alpha value is -3.10. The molecule has 1 unspecified atom stereocenters. The maximum atomic E-state index is 12.5. The quantitative estimate of drug-likeness (QED) is 0.372. The molecule has 0 bridgehead atoms. The lowest BCUT2D eigenvalue weighted by atomic mass is 10.0. The second-order valence-corrected chi connectivity index (χ2v) is 7.62. The van der Waals surface area contributed by atoms with E-state index in [4.69, 9.17) is 14.2 Å². The normalized spacial score (nSPS) is 16.0. The highest BCUT2D eigenvalue weighted by Crippen LogP contribution is 2.28. The third-order valence-corrected chi connectivity index (χ3v) is 5.36. The number of benzene rings is 2. The van der Waals surface area contributed by atoms with Crippen LogP contribution in [0.3, 0.4) is 0 Å². The Morgan fingerprint density at radius 3 is 2.50 bits per heavy atom. The number of ether oxygens (including phenoxy) is 3. The Morgan fingerprint density at radius 1 is 1.10 bits per heavy atom. The van der Waals surface area contributed by atoms with Gasteiger partial charge in [-0.05, 0) is 35.8 Å². The molecule has 0 saturated carbocycles. The predicted molar refractivity (Wildman–Crippen MR) is 114 cm³/mol. The number of carbonyl (C=O) groups is 3. The van der Waals surface area contributed by atoms with E-state index in [0.717, 1.165) is 22.9 Å². The second-order valence-electron chi connectivity index (χ2n) is 6.44. The summed E-state index contributed by atoms with van der Waals surface area (Å²) < 4.78 is 15.6. The lowest BCUT2D eigenvalue weighted by Gasteiger charge is -2.10. The van der Waals surface area contributed by atoms with Gasteiger partial charge in [0, 0.05) is 12.7 Å². The van der Waals surface area contributed by atoms with Crippen LogP contribution in [0.4, 0.5) is 4.79 Å². The molecule has 3 rings (SSSR count). The molecule has 0 radical (unpaired) electrons. The molecule has 0 aromatic heterocycles. The number of allylic oxidation sites excluding steroid dienone is 1. The monoisotopic (exact) mass is 427 g/mol. The summed E-state index contributed by atoms with van der Waals surface area (Å²) in [5, 5.41) is 1.52. The third kappa shape index (κ3) is 5.49. The molecule has 1 saturated heterocycles.